The van der Waals surface area contributed by atoms with E-state index in [2.05, 4.69) is 15.0 Å². The summed E-state index contributed by atoms with van der Waals surface area (Å²) in [6, 6.07) is 21.3. The van der Waals surface area contributed by atoms with E-state index in [1.165, 1.54) is 6.20 Å². The molecule has 0 aliphatic heterocycles. The summed E-state index contributed by atoms with van der Waals surface area (Å²) in [5, 5.41) is 0. The van der Waals surface area contributed by atoms with Gasteiger partial charge < -0.3 is 9.72 Å². The first kappa shape index (κ1) is 18.7. The molecule has 31 heavy (non-hydrogen) atoms. The highest BCUT2D eigenvalue weighted by atomic mass is 16.5. The SMILES string of the molecule is Cc1cccc(-c2nc3c(OCc4ccccc4)cccn3c2-c2ccnc(=O)[nH]2)n1. The predicted octanol–water partition coefficient (Wildman–Crippen LogP) is 4.03. The average molecular weight is 409 g/mol. The number of H-pyrrole nitrogens is 1. The van der Waals surface area contributed by atoms with Crippen molar-refractivity contribution in [2.75, 3.05) is 0 Å². The number of nitrogens with one attached hydrogen (secondary N) is 1. The normalized spacial score (nSPS) is 11.0. The fraction of sp³-hybridized carbons (Fsp3) is 0.0833. The maximum absolute atomic E-state index is 11.9. The zero-order chi connectivity index (χ0) is 21.2. The molecule has 0 fully saturated rings. The van der Waals surface area contributed by atoms with Gasteiger partial charge in [0.1, 0.15) is 12.3 Å². The molecule has 1 aromatic carbocycles. The van der Waals surface area contributed by atoms with E-state index in [1.807, 2.05) is 78.2 Å². The number of aromatic amines is 1. The Morgan fingerprint density at radius 3 is 2.65 bits per heavy atom. The maximum atomic E-state index is 11.9. The van der Waals surface area contributed by atoms with Crippen molar-refractivity contribution in [1.82, 2.24) is 24.3 Å². The molecule has 152 valence electrons. The smallest absolute Gasteiger partial charge is 0.345 e. The van der Waals surface area contributed by atoms with Gasteiger partial charge in [-0.2, -0.15) is 0 Å². The minimum absolute atomic E-state index is 0.423. The Kier molecular flexibility index (Phi) is 4.76. The number of hydrogen-bond acceptors (Lipinski definition) is 5. The third kappa shape index (κ3) is 3.69. The highest BCUT2D eigenvalue weighted by Crippen LogP contribution is 2.33. The van der Waals surface area contributed by atoms with Crippen molar-refractivity contribution < 1.29 is 4.74 Å². The molecule has 4 heterocycles. The lowest BCUT2D eigenvalue weighted by molar-refractivity contribution is 0.308. The minimum Gasteiger partial charge on any atom is -0.485 e. The van der Waals surface area contributed by atoms with Gasteiger partial charge in [-0.05, 0) is 42.8 Å². The van der Waals surface area contributed by atoms with Crippen LogP contribution < -0.4 is 10.4 Å². The van der Waals surface area contributed by atoms with Crippen molar-refractivity contribution in [1.29, 1.82) is 0 Å². The quantitative estimate of drug-likeness (QED) is 0.474. The number of fused-ring (bicyclic) bond motifs is 1. The number of ether oxygens (including phenoxy) is 1. The third-order valence-electron chi connectivity index (χ3n) is 4.91. The summed E-state index contributed by atoms with van der Waals surface area (Å²) < 4.78 is 8.01. The fourth-order valence-corrected chi connectivity index (χ4v) is 3.51. The molecule has 4 aromatic heterocycles. The molecule has 5 rings (SSSR count). The van der Waals surface area contributed by atoms with Crippen molar-refractivity contribution in [3.8, 4) is 28.5 Å². The molecule has 0 saturated heterocycles. The molecule has 0 aliphatic rings. The maximum Gasteiger partial charge on any atom is 0.345 e. The number of aryl methyl sites for hydroxylation is 1. The lowest BCUT2D eigenvalue weighted by Gasteiger charge is -2.08. The summed E-state index contributed by atoms with van der Waals surface area (Å²) in [6.45, 7) is 2.36. The number of nitrogens with zero attached hydrogens (tertiary/aromatic N) is 4. The molecular weight excluding hydrogens is 390 g/mol. The van der Waals surface area contributed by atoms with E-state index in [0.717, 1.165) is 17.0 Å². The number of aromatic nitrogens is 5. The van der Waals surface area contributed by atoms with Gasteiger partial charge in [-0.1, -0.05) is 36.4 Å². The fourth-order valence-electron chi connectivity index (χ4n) is 3.51. The molecule has 0 spiro atoms. The minimum atomic E-state index is -0.424. The lowest BCUT2D eigenvalue weighted by Crippen LogP contribution is -2.10. The van der Waals surface area contributed by atoms with E-state index in [9.17, 15) is 4.79 Å². The zero-order valence-electron chi connectivity index (χ0n) is 16.8. The Morgan fingerprint density at radius 1 is 0.968 bits per heavy atom. The Hall–Kier alpha value is -4.26. The molecule has 0 saturated carbocycles. The number of pyridine rings is 2. The van der Waals surface area contributed by atoms with Gasteiger partial charge in [0.05, 0.1) is 17.1 Å². The molecule has 7 heteroatoms. The predicted molar refractivity (Wildman–Crippen MR) is 118 cm³/mol. The van der Waals surface area contributed by atoms with Gasteiger partial charge in [-0.15, -0.1) is 0 Å². The molecular formula is C24H19N5O2. The van der Waals surface area contributed by atoms with Crippen molar-refractivity contribution in [3.05, 3.63) is 101 Å². The molecule has 0 bridgehead atoms. The highest BCUT2D eigenvalue weighted by Gasteiger charge is 2.20. The number of hydrogen-bond donors (Lipinski definition) is 1. The van der Waals surface area contributed by atoms with Crippen LogP contribution in [-0.4, -0.2) is 24.3 Å². The van der Waals surface area contributed by atoms with Crippen molar-refractivity contribution in [2.45, 2.75) is 13.5 Å². The van der Waals surface area contributed by atoms with Gasteiger partial charge in [0.25, 0.3) is 0 Å². The Morgan fingerprint density at radius 2 is 1.84 bits per heavy atom. The molecule has 0 atom stereocenters. The van der Waals surface area contributed by atoms with Crippen LogP contribution in [0.15, 0.2) is 83.9 Å². The van der Waals surface area contributed by atoms with Crippen LogP contribution in [0.2, 0.25) is 0 Å². The van der Waals surface area contributed by atoms with Gasteiger partial charge in [0.15, 0.2) is 11.4 Å². The largest absolute Gasteiger partial charge is 0.485 e. The summed E-state index contributed by atoms with van der Waals surface area (Å²) in [6.07, 6.45) is 3.38. The topological polar surface area (TPSA) is 85.2 Å². The second-order valence-electron chi connectivity index (χ2n) is 7.10. The van der Waals surface area contributed by atoms with Crippen LogP contribution in [0, 0.1) is 6.92 Å². The molecule has 1 N–H and O–H groups in total. The molecule has 7 nitrogen and oxygen atoms in total. The summed E-state index contributed by atoms with van der Waals surface area (Å²) in [5.74, 6) is 0.642. The summed E-state index contributed by atoms with van der Waals surface area (Å²) >= 11 is 0. The Balaban J connectivity index is 1.69. The van der Waals surface area contributed by atoms with Gasteiger partial charge >= 0.3 is 5.69 Å². The van der Waals surface area contributed by atoms with Crippen LogP contribution in [0.4, 0.5) is 0 Å². The number of rotatable bonds is 5. The van der Waals surface area contributed by atoms with Crippen LogP contribution in [0.1, 0.15) is 11.3 Å². The van der Waals surface area contributed by atoms with Crippen LogP contribution in [0.5, 0.6) is 5.75 Å². The second-order valence-corrected chi connectivity index (χ2v) is 7.10. The van der Waals surface area contributed by atoms with E-state index >= 15 is 0 Å². The first-order chi connectivity index (χ1) is 15.2. The summed E-state index contributed by atoms with van der Waals surface area (Å²) in [5.41, 5.74) is 4.85. The Labute approximate surface area is 178 Å². The monoisotopic (exact) mass is 409 g/mol. The van der Waals surface area contributed by atoms with Crippen LogP contribution in [0.25, 0.3) is 28.4 Å². The molecule has 0 amide bonds. The van der Waals surface area contributed by atoms with Crippen LogP contribution >= 0.6 is 0 Å². The average Bonchev–Trinajstić information content (AvgIpc) is 3.19. The first-order valence-electron chi connectivity index (χ1n) is 9.86. The van der Waals surface area contributed by atoms with E-state index in [0.29, 0.717) is 35.1 Å². The van der Waals surface area contributed by atoms with E-state index in [1.54, 1.807) is 6.07 Å². The van der Waals surface area contributed by atoms with E-state index in [4.69, 9.17) is 9.72 Å². The second kappa shape index (κ2) is 7.87. The summed E-state index contributed by atoms with van der Waals surface area (Å²) in [4.78, 5) is 28.0. The molecule has 5 aromatic rings. The van der Waals surface area contributed by atoms with Gasteiger partial charge in [0, 0.05) is 18.1 Å². The zero-order valence-corrected chi connectivity index (χ0v) is 16.8. The molecule has 0 radical (unpaired) electrons. The van der Waals surface area contributed by atoms with Crippen molar-refractivity contribution >= 4 is 5.65 Å². The van der Waals surface area contributed by atoms with Gasteiger partial charge in [-0.3, -0.25) is 9.38 Å². The van der Waals surface area contributed by atoms with E-state index in [-0.39, 0.29) is 0 Å². The standard InChI is InChI=1S/C24H19N5O2/c1-16-7-5-10-18(26-16)21-22(19-12-13-25-24(30)27-19)29-14-6-11-20(23(29)28-21)31-15-17-8-3-2-4-9-17/h2-14H,15H2,1H3,(H,25,27,30). The van der Waals surface area contributed by atoms with Gasteiger partial charge in [-0.25, -0.2) is 14.8 Å². The van der Waals surface area contributed by atoms with Crippen molar-refractivity contribution in [3.63, 3.8) is 0 Å². The molecule has 0 unspecified atom stereocenters. The Bertz CT molecular complexity index is 1420. The van der Waals surface area contributed by atoms with Crippen molar-refractivity contribution in [2.24, 2.45) is 0 Å². The highest BCUT2D eigenvalue weighted by molar-refractivity contribution is 5.80. The van der Waals surface area contributed by atoms with Crippen LogP contribution in [0.3, 0.4) is 0 Å². The number of imidazole rings is 1. The lowest BCUT2D eigenvalue weighted by atomic mass is 10.1. The first-order valence-corrected chi connectivity index (χ1v) is 9.86. The summed E-state index contributed by atoms with van der Waals surface area (Å²) in [7, 11) is 0. The van der Waals surface area contributed by atoms with Crippen LogP contribution in [-0.2, 0) is 6.61 Å². The molecule has 0 aliphatic carbocycles. The van der Waals surface area contributed by atoms with E-state index < -0.39 is 5.69 Å². The number of benzene rings is 1. The third-order valence-corrected chi connectivity index (χ3v) is 4.91. The van der Waals surface area contributed by atoms with Gasteiger partial charge in [0.2, 0.25) is 0 Å².